The van der Waals surface area contributed by atoms with Crippen LogP contribution in [0.4, 0.5) is 5.69 Å². The molecule has 19 heavy (non-hydrogen) atoms. The molecule has 0 aliphatic carbocycles. The summed E-state index contributed by atoms with van der Waals surface area (Å²) in [6.45, 7) is 2.32. The first-order valence-corrected chi connectivity index (χ1v) is 6.92. The van der Waals surface area contributed by atoms with Crippen molar-refractivity contribution in [2.45, 2.75) is 25.3 Å². The van der Waals surface area contributed by atoms with E-state index in [1.54, 1.807) is 7.05 Å². The highest BCUT2D eigenvalue weighted by atomic mass is 16.1. The van der Waals surface area contributed by atoms with Crippen LogP contribution < -0.4 is 10.6 Å². The van der Waals surface area contributed by atoms with Gasteiger partial charge in [0.25, 0.3) is 0 Å². The third-order valence-corrected chi connectivity index (χ3v) is 3.69. The van der Waals surface area contributed by atoms with Gasteiger partial charge in [-0.15, -0.1) is 0 Å². The molecule has 1 aliphatic rings. The van der Waals surface area contributed by atoms with E-state index in [1.807, 2.05) is 12.1 Å². The fourth-order valence-corrected chi connectivity index (χ4v) is 2.38. The number of anilines is 1. The number of benzene rings is 1. The number of carbonyl (C=O) groups is 1. The molecule has 1 aromatic carbocycles. The van der Waals surface area contributed by atoms with Gasteiger partial charge < -0.3 is 15.5 Å². The summed E-state index contributed by atoms with van der Waals surface area (Å²) in [7, 11) is 3.84. The fourth-order valence-electron chi connectivity index (χ4n) is 2.38. The highest BCUT2D eigenvalue weighted by Crippen LogP contribution is 2.16. The van der Waals surface area contributed by atoms with Crippen molar-refractivity contribution in [1.29, 1.82) is 0 Å². The maximum atomic E-state index is 11.3. The Balaban J connectivity index is 1.86. The first-order valence-electron chi connectivity index (χ1n) is 6.92. The van der Waals surface area contributed by atoms with Gasteiger partial charge in [0.05, 0.1) is 6.42 Å². The highest BCUT2D eigenvalue weighted by Gasteiger charge is 2.15. The second-order valence-electron chi connectivity index (χ2n) is 5.27. The van der Waals surface area contributed by atoms with Gasteiger partial charge in [0, 0.05) is 18.8 Å². The molecule has 104 valence electrons. The van der Waals surface area contributed by atoms with Crippen molar-refractivity contribution in [3.63, 3.8) is 0 Å². The van der Waals surface area contributed by atoms with E-state index in [2.05, 4.69) is 34.7 Å². The van der Waals surface area contributed by atoms with Gasteiger partial charge in [0.15, 0.2) is 0 Å². The Labute approximate surface area is 115 Å². The van der Waals surface area contributed by atoms with Gasteiger partial charge in [-0.05, 0) is 50.7 Å². The normalized spacial score (nSPS) is 17.2. The molecular formula is C15H23N3O. The van der Waals surface area contributed by atoms with E-state index < -0.39 is 0 Å². The number of nitrogens with zero attached hydrogens (tertiary/aromatic N) is 1. The topological polar surface area (TPSA) is 44.4 Å². The van der Waals surface area contributed by atoms with Crippen LogP contribution >= 0.6 is 0 Å². The van der Waals surface area contributed by atoms with E-state index in [4.69, 9.17) is 0 Å². The average molecular weight is 261 g/mol. The molecule has 2 rings (SSSR count). The Morgan fingerprint density at radius 3 is 2.47 bits per heavy atom. The molecule has 0 spiro atoms. The quantitative estimate of drug-likeness (QED) is 0.863. The van der Waals surface area contributed by atoms with Crippen LogP contribution in [0.15, 0.2) is 24.3 Å². The molecule has 0 radical (unpaired) electrons. The van der Waals surface area contributed by atoms with E-state index in [0.29, 0.717) is 12.5 Å². The molecule has 0 aromatic heterocycles. The molecule has 4 heteroatoms. The second kappa shape index (κ2) is 6.57. The van der Waals surface area contributed by atoms with Gasteiger partial charge in [-0.2, -0.15) is 0 Å². The van der Waals surface area contributed by atoms with Crippen molar-refractivity contribution in [3.8, 4) is 0 Å². The molecule has 0 saturated carbocycles. The number of hydrogen-bond acceptors (Lipinski definition) is 3. The third-order valence-electron chi connectivity index (χ3n) is 3.69. The number of likely N-dealkylation sites (N-methyl/N-ethyl adjacent to an activating group) is 1. The number of hydrogen-bond donors (Lipinski definition) is 2. The summed E-state index contributed by atoms with van der Waals surface area (Å²) in [6, 6.07) is 8.74. The number of amides is 1. The van der Waals surface area contributed by atoms with Crippen LogP contribution in [0, 0.1) is 0 Å². The fraction of sp³-hybridized carbons (Fsp3) is 0.533. The van der Waals surface area contributed by atoms with Crippen LogP contribution in [-0.4, -0.2) is 44.0 Å². The molecule has 1 aliphatic heterocycles. The van der Waals surface area contributed by atoms with E-state index in [-0.39, 0.29) is 5.91 Å². The van der Waals surface area contributed by atoms with Crippen LogP contribution in [-0.2, 0) is 11.2 Å². The van der Waals surface area contributed by atoms with Crippen molar-refractivity contribution in [3.05, 3.63) is 29.8 Å². The summed E-state index contributed by atoms with van der Waals surface area (Å²) in [4.78, 5) is 13.6. The Morgan fingerprint density at radius 2 is 1.89 bits per heavy atom. The minimum atomic E-state index is 0.0519. The lowest BCUT2D eigenvalue weighted by molar-refractivity contribution is -0.119. The zero-order valence-corrected chi connectivity index (χ0v) is 11.8. The van der Waals surface area contributed by atoms with E-state index in [9.17, 15) is 4.79 Å². The Bertz CT molecular complexity index is 408. The van der Waals surface area contributed by atoms with E-state index >= 15 is 0 Å². The smallest absolute Gasteiger partial charge is 0.224 e. The lowest BCUT2D eigenvalue weighted by Gasteiger charge is -2.30. The molecule has 0 atom stereocenters. The molecule has 1 fully saturated rings. The zero-order chi connectivity index (χ0) is 13.7. The maximum Gasteiger partial charge on any atom is 0.224 e. The van der Waals surface area contributed by atoms with Crippen LogP contribution in [0.3, 0.4) is 0 Å². The number of carbonyl (C=O) groups excluding carboxylic acids is 1. The SMILES string of the molecule is CNC(=O)Cc1ccc(NC2CCN(C)CC2)cc1. The summed E-state index contributed by atoms with van der Waals surface area (Å²) in [6.07, 6.45) is 2.83. The molecule has 1 saturated heterocycles. The Kier molecular flexibility index (Phi) is 4.80. The summed E-state index contributed by atoms with van der Waals surface area (Å²) < 4.78 is 0. The van der Waals surface area contributed by atoms with Crippen LogP contribution in [0.1, 0.15) is 18.4 Å². The highest BCUT2D eigenvalue weighted by molar-refractivity contribution is 5.78. The van der Waals surface area contributed by atoms with Crippen molar-refractivity contribution in [2.75, 3.05) is 32.5 Å². The number of piperidine rings is 1. The van der Waals surface area contributed by atoms with Crippen molar-refractivity contribution in [2.24, 2.45) is 0 Å². The lowest BCUT2D eigenvalue weighted by atomic mass is 10.0. The molecule has 4 nitrogen and oxygen atoms in total. The summed E-state index contributed by atoms with van der Waals surface area (Å²) >= 11 is 0. The predicted molar refractivity (Wildman–Crippen MR) is 78.4 cm³/mol. The average Bonchev–Trinajstić information content (AvgIpc) is 2.43. The van der Waals surface area contributed by atoms with Gasteiger partial charge in [-0.3, -0.25) is 4.79 Å². The summed E-state index contributed by atoms with van der Waals surface area (Å²) in [5, 5.41) is 6.21. The molecule has 0 unspecified atom stereocenters. The minimum Gasteiger partial charge on any atom is -0.382 e. The van der Waals surface area contributed by atoms with Crippen molar-refractivity contribution >= 4 is 11.6 Å². The van der Waals surface area contributed by atoms with Gasteiger partial charge >= 0.3 is 0 Å². The van der Waals surface area contributed by atoms with Crippen LogP contribution in [0.5, 0.6) is 0 Å². The van der Waals surface area contributed by atoms with Gasteiger partial charge in [0.2, 0.25) is 5.91 Å². The van der Waals surface area contributed by atoms with E-state index in [0.717, 1.165) is 24.3 Å². The minimum absolute atomic E-state index is 0.0519. The number of likely N-dealkylation sites (tertiary alicyclic amines) is 1. The Morgan fingerprint density at radius 1 is 1.26 bits per heavy atom. The van der Waals surface area contributed by atoms with Gasteiger partial charge in [-0.25, -0.2) is 0 Å². The van der Waals surface area contributed by atoms with Crippen LogP contribution in [0.25, 0.3) is 0 Å². The zero-order valence-electron chi connectivity index (χ0n) is 11.8. The largest absolute Gasteiger partial charge is 0.382 e. The Hall–Kier alpha value is -1.55. The lowest BCUT2D eigenvalue weighted by Crippen LogP contribution is -2.36. The molecule has 1 aromatic rings. The number of nitrogens with one attached hydrogen (secondary N) is 2. The molecular weight excluding hydrogens is 238 g/mol. The number of rotatable bonds is 4. The second-order valence-corrected chi connectivity index (χ2v) is 5.27. The summed E-state index contributed by atoms with van der Waals surface area (Å²) in [5.74, 6) is 0.0519. The van der Waals surface area contributed by atoms with Gasteiger partial charge in [0.1, 0.15) is 0 Å². The molecule has 2 N–H and O–H groups in total. The third kappa shape index (κ3) is 4.24. The first kappa shape index (κ1) is 13.9. The first-order chi connectivity index (χ1) is 9.17. The summed E-state index contributed by atoms with van der Waals surface area (Å²) in [5.41, 5.74) is 2.20. The molecule has 1 amide bonds. The van der Waals surface area contributed by atoms with Crippen LogP contribution in [0.2, 0.25) is 0 Å². The monoisotopic (exact) mass is 261 g/mol. The van der Waals surface area contributed by atoms with Crippen molar-refractivity contribution < 1.29 is 4.79 Å². The standard InChI is InChI=1S/C15H23N3O/c1-16-15(19)11-12-3-5-13(6-4-12)17-14-7-9-18(2)10-8-14/h3-6,14,17H,7-11H2,1-2H3,(H,16,19). The van der Waals surface area contributed by atoms with Gasteiger partial charge in [-0.1, -0.05) is 12.1 Å². The predicted octanol–water partition coefficient (Wildman–Crippen LogP) is 1.48. The molecule has 0 bridgehead atoms. The maximum absolute atomic E-state index is 11.3. The van der Waals surface area contributed by atoms with Crippen molar-refractivity contribution in [1.82, 2.24) is 10.2 Å². The van der Waals surface area contributed by atoms with E-state index in [1.165, 1.54) is 12.8 Å². The molecule has 1 heterocycles.